The molecule has 1 aliphatic carbocycles. The Balaban J connectivity index is 1.53. The van der Waals surface area contributed by atoms with Crippen molar-refractivity contribution in [3.63, 3.8) is 0 Å². The van der Waals surface area contributed by atoms with Gasteiger partial charge in [-0.05, 0) is 95.8 Å². The SMILES string of the molecule is CC(C)(C)C1CC=C(c2ccc(N(Cc3ccc(C(=O)NCC(F)(F)C(=O)O)cc3)C(=O)Nc3ccc(OC(F)(F)F)cc3)cc2)CC1. The van der Waals surface area contributed by atoms with Crippen molar-refractivity contribution in [1.29, 1.82) is 0 Å². The fraction of sp³-hybridized carbons (Fsp3) is 0.343. The number of halogens is 5. The molecule has 3 N–H and O–H groups in total. The number of benzene rings is 3. The number of carboxylic acid groups (broad SMARTS) is 1. The van der Waals surface area contributed by atoms with Gasteiger partial charge in [-0.15, -0.1) is 13.2 Å². The van der Waals surface area contributed by atoms with E-state index in [1.807, 2.05) is 17.4 Å². The van der Waals surface area contributed by atoms with Gasteiger partial charge in [-0.2, -0.15) is 8.78 Å². The van der Waals surface area contributed by atoms with E-state index in [1.165, 1.54) is 46.9 Å². The van der Waals surface area contributed by atoms with Crippen LogP contribution < -0.4 is 20.3 Å². The van der Waals surface area contributed by atoms with Gasteiger partial charge in [0.05, 0.1) is 13.1 Å². The number of aliphatic carboxylic acids is 1. The van der Waals surface area contributed by atoms with Crippen LogP contribution in [0.15, 0.2) is 78.9 Å². The van der Waals surface area contributed by atoms with Crippen LogP contribution in [0.5, 0.6) is 5.75 Å². The van der Waals surface area contributed by atoms with E-state index in [2.05, 4.69) is 36.9 Å². The van der Waals surface area contributed by atoms with E-state index < -0.39 is 42.5 Å². The van der Waals surface area contributed by atoms with Gasteiger partial charge < -0.3 is 20.5 Å². The second kappa shape index (κ2) is 14.4. The zero-order valence-corrected chi connectivity index (χ0v) is 26.5. The van der Waals surface area contributed by atoms with Crippen molar-refractivity contribution in [1.82, 2.24) is 5.32 Å². The first kappa shape index (κ1) is 35.9. The van der Waals surface area contributed by atoms with E-state index in [9.17, 15) is 36.3 Å². The quantitative estimate of drug-likeness (QED) is 0.187. The number of nitrogens with zero attached hydrogens (tertiary/aromatic N) is 1. The predicted octanol–water partition coefficient (Wildman–Crippen LogP) is 8.50. The van der Waals surface area contributed by atoms with Crippen molar-refractivity contribution in [2.24, 2.45) is 11.3 Å². The molecular formula is C35H36F5N3O5. The van der Waals surface area contributed by atoms with Crippen LogP contribution in [0.3, 0.4) is 0 Å². The molecule has 0 saturated carbocycles. The number of rotatable bonds is 10. The molecule has 3 aromatic rings. The number of ether oxygens (including phenoxy) is 1. The summed E-state index contributed by atoms with van der Waals surface area (Å²) in [7, 11) is 0. The summed E-state index contributed by atoms with van der Waals surface area (Å²) in [6.07, 6.45) is 0.348. The number of hydrogen-bond acceptors (Lipinski definition) is 4. The Bertz CT molecular complexity index is 1630. The Hall–Kier alpha value is -4.94. The number of urea groups is 1. The minimum Gasteiger partial charge on any atom is -0.477 e. The van der Waals surface area contributed by atoms with E-state index in [0.29, 0.717) is 17.2 Å². The number of amides is 3. The van der Waals surface area contributed by atoms with Crippen LogP contribution in [-0.2, 0) is 11.3 Å². The van der Waals surface area contributed by atoms with Gasteiger partial charge in [0.25, 0.3) is 5.91 Å². The standard InChI is InChI=1S/C35H36F5N3O5/c1-33(2,3)26-12-8-23(9-13-26)24-10-16-28(17-11-24)43(32(47)42-27-14-18-29(19-15-27)48-35(38,39)40)20-22-4-6-25(7-5-22)30(44)41-21-34(36,37)31(45)46/h4-8,10-11,14-19,26H,9,12-13,20-21H2,1-3H3,(H,41,44)(H,42,47)(H,45,46). The van der Waals surface area contributed by atoms with E-state index in [0.717, 1.165) is 37.0 Å². The highest BCUT2D eigenvalue weighted by Gasteiger charge is 2.39. The average molecular weight is 674 g/mol. The Labute approximate surface area is 274 Å². The summed E-state index contributed by atoms with van der Waals surface area (Å²) in [5.74, 6) is -7.27. The van der Waals surface area contributed by atoms with Crippen LogP contribution in [0.1, 0.15) is 61.5 Å². The van der Waals surface area contributed by atoms with Crippen LogP contribution in [0.25, 0.3) is 5.57 Å². The maximum absolute atomic E-state index is 13.6. The fourth-order valence-corrected chi connectivity index (χ4v) is 5.26. The largest absolute Gasteiger partial charge is 0.573 e. The van der Waals surface area contributed by atoms with Gasteiger partial charge in [-0.1, -0.05) is 51.1 Å². The number of allylic oxidation sites excluding steroid dienone is 2. The Morgan fingerprint density at radius 2 is 1.52 bits per heavy atom. The maximum Gasteiger partial charge on any atom is 0.573 e. The van der Waals surface area contributed by atoms with Crippen molar-refractivity contribution in [2.75, 3.05) is 16.8 Å². The zero-order chi connectivity index (χ0) is 35.3. The molecule has 0 saturated heterocycles. The number of carboxylic acids is 1. The average Bonchev–Trinajstić information content (AvgIpc) is 3.02. The molecule has 0 bridgehead atoms. The van der Waals surface area contributed by atoms with Crippen LogP contribution in [-0.4, -0.2) is 41.8 Å². The molecule has 1 unspecified atom stereocenters. The van der Waals surface area contributed by atoms with E-state index in [-0.39, 0.29) is 23.2 Å². The molecular weight excluding hydrogens is 637 g/mol. The molecule has 3 aromatic carbocycles. The Kier molecular flexibility index (Phi) is 10.8. The van der Waals surface area contributed by atoms with Crippen molar-refractivity contribution < 1.29 is 46.2 Å². The lowest BCUT2D eigenvalue weighted by atomic mass is 9.72. The maximum atomic E-state index is 13.6. The van der Waals surface area contributed by atoms with Crippen LogP contribution >= 0.6 is 0 Å². The molecule has 0 aromatic heterocycles. The van der Waals surface area contributed by atoms with E-state index in [1.54, 1.807) is 12.1 Å². The van der Waals surface area contributed by atoms with Crippen molar-refractivity contribution in [2.45, 2.75) is 58.9 Å². The van der Waals surface area contributed by atoms with E-state index >= 15 is 0 Å². The van der Waals surface area contributed by atoms with Gasteiger partial charge >= 0.3 is 24.3 Å². The summed E-state index contributed by atoms with van der Waals surface area (Å²) >= 11 is 0. The van der Waals surface area contributed by atoms with E-state index in [4.69, 9.17) is 5.11 Å². The predicted molar refractivity (Wildman–Crippen MR) is 171 cm³/mol. The molecule has 0 fully saturated rings. The monoisotopic (exact) mass is 673 g/mol. The first-order chi connectivity index (χ1) is 22.4. The van der Waals surface area contributed by atoms with Gasteiger partial charge in [-0.3, -0.25) is 9.69 Å². The zero-order valence-electron chi connectivity index (χ0n) is 26.5. The minimum absolute atomic E-state index is 0.00378. The summed E-state index contributed by atoms with van der Waals surface area (Å²) in [6, 6.07) is 17.2. The third-order valence-electron chi connectivity index (χ3n) is 8.11. The Morgan fingerprint density at radius 3 is 2.04 bits per heavy atom. The lowest BCUT2D eigenvalue weighted by molar-refractivity contribution is -0.274. The minimum atomic E-state index is -4.87. The molecule has 0 spiro atoms. The normalized spacial score (nSPS) is 15.2. The fourth-order valence-electron chi connectivity index (χ4n) is 5.26. The molecule has 8 nitrogen and oxygen atoms in total. The molecule has 0 heterocycles. The summed E-state index contributed by atoms with van der Waals surface area (Å²) < 4.78 is 68.4. The van der Waals surface area contributed by atoms with Crippen molar-refractivity contribution >= 4 is 34.9 Å². The topological polar surface area (TPSA) is 108 Å². The van der Waals surface area contributed by atoms with Gasteiger partial charge in [-0.25, -0.2) is 9.59 Å². The lowest BCUT2D eigenvalue weighted by Gasteiger charge is -2.33. The molecule has 0 aliphatic heterocycles. The highest BCUT2D eigenvalue weighted by molar-refractivity contribution is 6.02. The van der Waals surface area contributed by atoms with Gasteiger partial charge in [0.2, 0.25) is 0 Å². The lowest BCUT2D eigenvalue weighted by Crippen LogP contribution is -2.42. The number of alkyl halides is 5. The molecule has 256 valence electrons. The number of nitrogens with one attached hydrogen (secondary N) is 2. The first-order valence-electron chi connectivity index (χ1n) is 15.1. The third kappa shape index (κ3) is 9.79. The van der Waals surface area contributed by atoms with Crippen LogP contribution in [0, 0.1) is 11.3 Å². The smallest absolute Gasteiger partial charge is 0.477 e. The van der Waals surface area contributed by atoms with Crippen molar-refractivity contribution in [3.8, 4) is 5.75 Å². The number of carbonyl (C=O) groups is 3. The second-order valence-corrected chi connectivity index (χ2v) is 12.6. The second-order valence-electron chi connectivity index (χ2n) is 12.6. The first-order valence-corrected chi connectivity index (χ1v) is 15.1. The van der Waals surface area contributed by atoms with Crippen LogP contribution in [0.4, 0.5) is 38.1 Å². The molecule has 0 radical (unpaired) electrons. The summed E-state index contributed by atoms with van der Waals surface area (Å²) in [4.78, 5) is 37.9. The summed E-state index contributed by atoms with van der Waals surface area (Å²) in [5, 5.41) is 13.1. The summed E-state index contributed by atoms with van der Waals surface area (Å²) in [6.45, 7) is 5.32. The number of carbonyl (C=O) groups excluding carboxylic acids is 2. The summed E-state index contributed by atoms with van der Waals surface area (Å²) in [5.41, 5.74) is 3.72. The molecule has 13 heteroatoms. The number of hydrogen-bond donors (Lipinski definition) is 3. The van der Waals surface area contributed by atoms with Gasteiger partial charge in [0.15, 0.2) is 0 Å². The third-order valence-corrected chi connectivity index (χ3v) is 8.11. The molecule has 48 heavy (non-hydrogen) atoms. The van der Waals surface area contributed by atoms with Crippen LogP contribution in [0.2, 0.25) is 0 Å². The molecule has 4 rings (SSSR count). The molecule has 1 aliphatic rings. The Morgan fingerprint density at radius 1 is 0.896 bits per heavy atom. The number of anilines is 2. The van der Waals surface area contributed by atoms with Gasteiger partial charge in [0.1, 0.15) is 5.75 Å². The highest BCUT2D eigenvalue weighted by atomic mass is 19.4. The van der Waals surface area contributed by atoms with Gasteiger partial charge in [0, 0.05) is 16.9 Å². The van der Waals surface area contributed by atoms with Crippen molar-refractivity contribution in [3.05, 3.63) is 95.6 Å². The molecule has 1 atom stereocenters. The highest BCUT2D eigenvalue weighted by Crippen LogP contribution is 2.40. The molecule has 3 amide bonds.